The quantitative estimate of drug-likeness (QED) is 0.193. The Morgan fingerprint density at radius 1 is 0.686 bits per heavy atom. The van der Waals surface area contributed by atoms with Crippen molar-refractivity contribution in [3.8, 4) is 22.6 Å². The van der Waals surface area contributed by atoms with Crippen molar-refractivity contribution in [1.82, 2.24) is 0 Å². The number of carbonyl (C=O) groups is 1. The molecular weight excluding hydrogens is 440 g/mol. The number of ether oxygens (including phenoxy) is 3. The summed E-state index contributed by atoms with van der Waals surface area (Å²) in [5.41, 5.74) is 3.65. The minimum atomic E-state index is -0.445. The summed E-state index contributed by atoms with van der Waals surface area (Å²) in [6.07, 6.45) is 7.57. The van der Waals surface area contributed by atoms with Gasteiger partial charge in [-0.1, -0.05) is 75.4 Å². The number of aliphatic hydroxyl groups excluding tert-OH is 1. The number of aliphatic hydroxyl groups is 1. The van der Waals surface area contributed by atoms with Crippen molar-refractivity contribution in [1.29, 1.82) is 0 Å². The molecule has 0 spiro atoms. The molecule has 1 N–H and O–H groups in total. The van der Waals surface area contributed by atoms with Crippen molar-refractivity contribution in [2.45, 2.75) is 52.1 Å². The molecule has 35 heavy (non-hydrogen) atoms. The topological polar surface area (TPSA) is 65.0 Å². The predicted octanol–water partition coefficient (Wildman–Crippen LogP) is 6.82. The Morgan fingerprint density at radius 3 is 1.86 bits per heavy atom. The zero-order chi connectivity index (χ0) is 24.7. The second kappa shape index (κ2) is 14.8. The van der Waals surface area contributed by atoms with E-state index in [9.17, 15) is 4.79 Å². The standard InChI is InChI=1S/C30H36O5/c1-2-3-4-5-6-7-21-33-28-16-12-25(13-17-28)26-14-18-29(19-15-26)35-23-24-8-10-27(11-9-24)30(32)34-22-20-31/h8-19,31H,2-7,20-23H2,1H3. The van der Waals surface area contributed by atoms with Crippen LogP contribution in [0.3, 0.4) is 0 Å². The maximum atomic E-state index is 11.8. The van der Waals surface area contributed by atoms with Gasteiger partial charge in [0, 0.05) is 0 Å². The van der Waals surface area contributed by atoms with Crippen LogP contribution in [0.1, 0.15) is 61.4 Å². The Hall–Kier alpha value is -3.31. The van der Waals surface area contributed by atoms with Crippen LogP contribution in [0, 0.1) is 0 Å². The van der Waals surface area contributed by atoms with Crippen LogP contribution in [0.15, 0.2) is 72.8 Å². The SMILES string of the molecule is CCCCCCCCOc1ccc(-c2ccc(OCc3ccc(C(=O)OCCO)cc3)cc2)cc1. The lowest BCUT2D eigenvalue weighted by Crippen LogP contribution is -2.08. The Kier molecular flexibility index (Phi) is 11.2. The zero-order valence-corrected chi connectivity index (χ0v) is 20.6. The van der Waals surface area contributed by atoms with Gasteiger partial charge in [-0.3, -0.25) is 0 Å². The molecule has 3 rings (SSSR count). The van der Waals surface area contributed by atoms with Gasteiger partial charge in [-0.15, -0.1) is 0 Å². The highest BCUT2D eigenvalue weighted by molar-refractivity contribution is 5.89. The van der Waals surface area contributed by atoms with E-state index in [2.05, 4.69) is 19.1 Å². The molecule has 0 aliphatic carbocycles. The normalized spacial score (nSPS) is 10.7. The Balaban J connectivity index is 1.43. The molecule has 3 aromatic rings. The van der Waals surface area contributed by atoms with E-state index in [1.54, 1.807) is 12.1 Å². The van der Waals surface area contributed by atoms with E-state index >= 15 is 0 Å². The smallest absolute Gasteiger partial charge is 0.338 e. The Morgan fingerprint density at radius 2 is 1.26 bits per heavy atom. The Labute approximate surface area is 208 Å². The molecule has 0 atom stereocenters. The highest BCUT2D eigenvalue weighted by Gasteiger charge is 2.07. The molecule has 0 aliphatic rings. The second-order valence-electron chi connectivity index (χ2n) is 8.51. The summed E-state index contributed by atoms with van der Waals surface area (Å²) >= 11 is 0. The van der Waals surface area contributed by atoms with Crippen molar-refractivity contribution in [3.05, 3.63) is 83.9 Å². The van der Waals surface area contributed by atoms with Crippen LogP contribution < -0.4 is 9.47 Å². The molecule has 0 unspecified atom stereocenters. The van der Waals surface area contributed by atoms with Gasteiger partial charge in [-0.2, -0.15) is 0 Å². The van der Waals surface area contributed by atoms with Gasteiger partial charge in [0.25, 0.3) is 0 Å². The number of esters is 1. The third-order valence-corrected chi connectivity index (χ3v) is 5.73. The average Bonchev–Trinajstić information content (AvgIpc) is 2.91. The van der Waals surface area contributed by atoms with Crippen LogP contribution in [-0.4, -0.2) is 30.9 Å². The van der Waals surface area contributed by atoms with Crippen LogP contribution >= 0.6 is 0 Å². The highest BCUT2D eigenvalue weighted by Crippen LogP contribution is 2.25. The van der Waals surface area contributed by atoms with Crippen molar-refractivity contribution in [2.75, 3.05) is 19.8 Å². The minimum Gasteiger partial charge on any atom is -0.494 e. The molecule has 0 heterocycles. The van der Waals surface area contributed by atoms with Gasteiger partial charge >= 0.3 is 5.97 Å². The zero-order valence-electron chi connectivity index (χ0n) is 20.6. The molecule has 0 aliphatic heterocycles. The molecular formula is C30H36O5. The first-order valence-corrected chi connectivity index (χ1v) is 12.5. The molecule has 5 heteroatoms. The lowest BCUT2D eigenvalue weighted by Gasteiger charge is -2.09. The molecule has 3 aromatic carbocycles. The van der Waals surface area contributed by atoms with Crippen LogP contribution in [0.2, 0.25) is 0 Å². The summed E-state index contributed by atoms with van der Waals surface area (Å²) < 4.78 is 16.7. The van der Waals surface area contributed by atoms with E-state index in [4.69, 9.17) is 19.3 Å². The van der Waals surface area contributed by atoms with Gasteiger partial charge in [0.1, 0.15) is 24.7 Å². The second-order valence-corrected chi connectivity index (χ2v) is 8.51. The van der Waals surface area contributed by atoms with E-state index in [-0.39, 0.29) is 13.2 Å². The largest absolute Gasteiger partial charge is 0.494 e. The lowest BCUT2D eigenvalue weighted by atomic mass is 10.1. The van der Waals surface area contributed by atoms with Crippen LogP contribution in [0.25, 0.3) is 11.1 Å². The number of benzene rings is 3. The van der Waals surface area contributed by atoms with E-state index in [0.29, 0.717) is 12.2 Å². The van der Waals surface area contributed by atoms with Gasteiger partial charge in [0.15, 0.2) is 0 Å². The average molecular weight is 477 g/mol. The summed E-state index contributed by atoms with van der Waals surface area (Å²) in [6, 6.07) is 23.3. The monoisotopic (exact) mass is 476 g/mol. The summed E-state index contributed by atoms with van der Waals surface area (Å²) in [7, 11) is 0. The van der Waals surface area contributed by atoms with E-state index < -0.39 is 5.97 Å². The fourth-order valence-electron chi connectivity index (χ4n) is 3.69. The summed E-state index contributed by atoms with van der Waals surface area (Å²) in [5, 5.41) is 8.74. The molecule has 0 bridgehead atoms. The van der Waals surface area contributed by atoms with Crippen molar-refractivity contribution in [2.24, 2.45) is 0 Å². The molecule has 186 valence electrons. The maximum absolute atomic E-state index is 11.8. The van der Waals surface area contributed by atoms with E-state index in [0.717, 1.165) is 41.2 Å². The molecule has 0 amide bonds. The molecule has 0 aromatic heterocycles. The van der Waals surface area contributed by atoms with Gasteiger partial charge < -0.3 is 19.3 Å². The Bertz CT molecular complexity index is 994. The van der Waals surface area contributed by atoms with Gasteiger partial charge in [-0.05, 0) is 59.5 Å². The molecule has 0 radical (unpaired) electrons. The number of hydrogen-bond donors (Lipinski definition) is 1. The lowest BCUT2D eigenvalue weighted by molar-refractivity contribution is 0.0433. The maximum Gasteiger partial charge on any atom is 0.338 e. The predicted molar refractivity (Wildman–Crippen MR) is 139 cm³/mol. The fourth-order valence-corrected chi connectivity index (χ4v) is 3.69. The van der Waals surface area contributed by atoms with Gasteiger partial charge in [0.2, 0.25) is 0 Å². The van der Waals surface area contributed by atoms with Gasteiger partial charge in [0.05, 0.1) is 18.8 Å². The van der Waals surface area contributed by atoms with E-state index in [1.807, 2.05) is 48.5 Å². The molecule has 0 saturated heterocycles. The van der Waals surface area contributed by atoms with Crippen molar-refractivity contribution < 1.29 is 24.1 Å². The number of carbonyl (C=O) groups excluding carboxylic acids is 1. The summed E-state index contributed by atoms with van der Waals surface area (Å²) in [5.74, 6) is 1.24. The first-order chi connectivity index (χ1) is 17.2. The number of unbranched alkanes of at least 4 members (excludes halogenated alkanes) is 5. The first kappa shape index (κ1) is 26.3. The highest BCUT2D eigenvalue weighted by atomic mass is 16.5. The summed E-state index contributed by atoms with van der Waals surface area (Å²) in [6.45, 7) is 3.22. The fraction of sp³-hybridized carbons (Fsp3) is 0.367. The first-order valence-electron chi connectivity index (χ1n) is 12.5. The molecule has 0 saturated carbocycles. The van der Waals surface area contributed by atoms with E-state index in [1.165, 1.54) is 32.1 Å². The van der Waals surface area contributed by atoms with Gasteiger partial charge in [-0.25, -0.2) is 4.79 Å². The van der Waals surface area contributed by atoms with Crippen LogP contribution in [-0.2, 0) is 11.3 Å². The minimum absolute atomic E-state index is 0.00311. The number of rotatable bonds is 15. The van der Waals surface area contributed by atoms with Crippen molar-refractivity contribution >= 4 is 5.97 Å². The third-order valence-electron chi connectivity index (χ3n) is 5.73. The number of hydrogen-bond acceptors (Lipinski definition) is 5. The molecule has 5 nitrogen and oxygen atoms in total. The van der Waals surface area contributed by atoms with Crippen molar-refractivity contribution in [3.63, 3.8) is 0 Å². The third kappa shape index (κ3) is 9.10. The van der Waals surface area contributed by atoms with Crippen LogP contribution in [0.4, 0.5) is 0 Å². The molecule has 0 fully saturated rings. The summed E-state index contributed by atoms with van der Waals surface area (Å²) in [4.78, 5) is 11.8. The van der Waals surface area contributed by atoms with Crippen LogP contribution in [0.5, 0.6) is 11.5 Å².